The second-order valence-electron chi connectivity index (χ2n) is 4.03. The minimum atomic E-state index is -3.46. The molecule has 1 heterocycles. The van der Waals surface area contributed by atoms with Crippen LogP contribution in [0.15, 0.2) is 27.4 Å². The Balaban J connectivity index is 3.13. The standard InChI is InChI=1S/C12H19BrN2O2S2/c1-4-6-15(7-5-2)19(16,17)11-8-10(9-14-3)18-12(11)13/h4,8,14H,1,5-7,9H2,2-3H3. The molecule has 0 amide bonds. The molecule has 0 atom stereocenters. The van der Waals surface area contributed by atoms with E-state index in [2.05, 4.69) is 27.8 Å². The van der Waals surface area contributed by atoms with Crippen molar-refractivity contribution in [2.45, 2.75) is 24.8 Å². The molecule has 1 N–H and O–H groups in total. The van der Waals surface area contributed by atoms with Crippen molar-refractivity contribution in [1.29, 1.82) is 0 Å². The van der Waals surface area contributed by atoms with Crippen molar-refractivity contribution >= 4 is 37.3 Å². The third kappa shape index (κ3) is 4.13. The van der Waals surface area contributed by atoms with Gasteiger partial charge < -0.3 is 5.32 Å². The molecular weight excluding hydrogens is 348 g/mol. The lowest BCUT2D eigenvalue weighted by molar-refractivity contribution is 0.441. The molecule has 0 aliphatic heterocycles. The summed E-state index contributed by atoms with van der Waals surface area (Å²) in [5.74, 6) is 0. The highest BCUT2D eigenvalue weighted by molar-refractivity contribution is 9.11. The molecule has 1 aromatic rings. The Kier molecular flexibility index (Phi) is 6.68. The largest absolute Gasteiger partial charge is 0.315 e. The number of rotatable bonds is 8. The van der Waals surface area contributed by atoms with Gasteiger partial charge in [-0.05, 0) is 35.5 Å². The van der Waals surface area contributed by atoms with Crippen molar-refractivity contribution in [2.75, 3.05) is 20.1 Å². The molecule has 0 aliphatic carbocycles. The summed E-state index contributed by atoms with van der Waals surface area (Å²) in [6.07, 6.45) is 2.39. The summed E-state index contributed by atoms with van der Waals surface area (Å²) >= 11 is 4.79. The van der Waals surface area contributed by atoms with Gasteiger partial charge in [-0.2, -0.15) is 4.31 Å². The molecule has 1 aromatic heterocycles. The fourth-order valence-corrected chi connectivity index (χ4v) is 5.82. The van der Waals surface area contributed by atoms with Crippen LogP contribution in [0.5, 0.6) is 0 Å². The maximum atomic E-state index is 12.6. The fraction of sp³-hybridized carbons (Fsp3) is 0.500. The molecule has 0 aromatic carbocycles. The Morgan fingerprint density at radius 3 is 2.79 bits per heavy atom. The van der Waals surface area contributed by atoms with E-state index in [0.29, 0.717) is 28.3 Å². The highest BCUT2D eigenvalue weighted by Gasteiger charge is 2.27. The van der Waals surface area contributed by atoms with Crippen LogP contribution < -0.4 is 5.32 Å². The molecule has 0 spiro atoms. The van der Waals surface area contributed by atoms with Gasteiger partial charge in [-0.15, -0.1) is 17.9 Å². The molecule has 0 bridgehead atoms. The van der Waals surface area contributed by atoms with E-state index >= 15 is 0 Å². The van der Waals surface area contributed by atoms with Crippen molar-refractivity contribution in [3.63, 3.8) is 0 Å². The Hall–Kier alpha value is -0.210. The number of thiophene rings is 1. The summed E-state index contributed by atoms with van der Waals surface area (Å²) in [4.78, 5) is 1.33. The second-order valence-corrected chi connectivity index (χ2v) is 8.39. The van der Waals surface area contributed by atoms with Gasteiger partial charge in [0.25, 0.3) is 0 Å². The molecule has 7 heteroatoms. The SMILES string of the molecule is C=CCN(CCC)S(=O)(=O)c1cc(CNC)sc1Br. The molecule has 0 aliphatic rings. The summed E-state index contributed by atoms with van der Waals surface area (Å²) in [7, 11) is -1.62. The molecular formula is C12H19BrN2O2S2. The van der Waals surface area contributed by atoms with E-state index in [-0.39, 0.29) is 0 Å². The van der Waals surface area contributed by atoms with E-state index in [1.165, 1.54) is 15.6 Å². The van der Waals surface area contributed by atoms with Crippen LogP contribution in [0.3, 0.4) is 0 Å². The van der Waals surface area contributed by atoms with Crippen LogP contribution in [-0.2, 0) is 16.6 Å². The van der Waals surface area contributed by atoms with Crippen LogP contribution in [0.25, 0.3) is 0 Å². The van der Waals surface area contributed by atoms with Crippen molar-refractivity contribution in [2.24, 2.45) is 0 Å². The fourth-order valence-electron chi connectivity index (χ4n) is 1.68. The van der Waals surface area contributed by atoms with Gasteiger partial charge in [-0.25, -0.2) is 8.42 Å². The lowest BCUT2D eigenvalue weighted by atomic mass is 10.5. The highest BCUT2D eigenvalue weighted by Crippen LogP contribution is 2.33. The average molecular weight is 367 g/mol. The first-order chi connectivity index (χ1) is 8.97. The third-order valence-electron chi connectivity index (χ3n) is 2.48. The normalized spacial score (nSPS) is 12.0. The monoisotopic (exact) mass is 366 g/mol. The zero-order chi connectivity index (χ0) is 14.5. The summed E-state index contributed by atoms with van der Waals surface area (Å²) < 4.78 is 27.3. The van der Waals surface area contributed by atoms with Gasteiger partial charge >= 0.3 is 0 Å². The van der Waals surface area contributed by atoms with E-state index in [1.807, 2.05) is 14.0 Å². The Bertz CT molecular complexity index is 526. The lowest BCUT2D eigenvalue weighted by Crippen LogP contribution is -2.31. The number of hydrogen-bond acceptors (Lipinski definition) is 4. The van der Waals surface area contributed by atoms with E-state index in [0.717, 1.165) is 11.3 Å². The number of halogens is 1. The van der Waals surface area contributed by atoms with Gasteiger partial charge in [0, 0.05) is 24.5 Å². The quantitative estimate of drug-likeness (QED) is 0.719. The van der Waals surface area contributed by atoms with E-state index < -0.39 is 10.0 Å². The number of sulfonamides is 1. The van der Waals surface area contributed by atoms with Gasteiger partial charge in [-0.1, -0.05) is 13.0 Å². The van der Waals surface area contributed by atoms with Crippen LogP contribution in [-0.4, -0.2) is 32.9 Å². The zero-order valence-corrected chi connectivity index (χ0v) is 14.4. The zero-order valence-electron chi connectivity index (χ0n) is 11.1. The maximum absolute atomic E-state index is 12.6. The predicted octanol–water partition coefficient (Wildman–Crippen LogP) is 2.82. The van der Waals surface area contributed by atoms with Gasteiger partial charge in [0.05, 0.1) is 3.79 Å². The van der Waals surface area contributed by atoms with Gasteiger partial charge in [0.15, 0.2) is 0 Å². The van der Waals surface area contributed by atoms with Crippen LogP contribution in [0.1, 0.15) is 18.2 Å². The number of nitrogens with one attached hydrogen (secondary N) is 1. The average Bonchev–Trinajstić information content (AvgIpc) is 2.71. The molecule has 19 heavy (non-hydrogen) atoms. The predicted molar refractivity (Wildman–Crippen MR) is 84.0 cm³/mol. The number of nitrogens with zero attached hydrogens (tertiary/aromatic N) is 1. The van der Waals surface area contributed by atoms with Crippen LogP contribution in [0.4, 0.5) is 0 Å². The Morgan fingerprint density at radius 1 is 1.58 bits per heavy atom. The lowest BCUT2D eigenvalue weighted by Gasteiger charge is -2.19. The smallest absolute Gasteiger partial charge is 0.245 e. The van der Waals surface area contributed by atoms with E-state index in [9.17, 15) is 8.42 Å². The van der Waals surface area contributed by atoms with Crippen molar-refractivity contribution in [1.82, 2.24) is 9.62 Å². The first kappa shape index (κ1) is 16.8. The molecule has 0 unspecified atom stereocenters. The first-order valence-corrected chi connectivity index (χ1v) is 9.06. The molecule has 4 nitrogen and oxygen atoms in total. The minimum Gasteiger partial charge on any atom is -0.315 e. The summed E-state index contributed by atoms with van der Waals surface area (Å²) in [6.45, 7) is 7.07. The molecule has 0 saturated carbocycles. The summed E-state index contributed by atoms with van der Waals surface area (Å²) in [6, 6.07) is 1.73. The van der Waals surface area contributed by atoms with Crippen LogP contribution in [0, 0.1) is 0 Å². The molecule has 0 radical (unpaired) electrons. The van der Waals surface area contributed by atoms with Crippen LogP contribution >= 0.6 is 27.3 Å². The highest BCUT2D eigenvalue weighted by atomic mass is 79.9. The van der Waals surface area contributed by atoms with Crippen molar-refractivity contribution < 1.29 is 8.42 Å². The maximum Gasteiger partial charge on any atom is 0.245 e. The first-order valence-electron chi connectivity index (χ1n) is 6.01. The van der Waals surface area contributed by atoms with E-state index in [4.69, 9.17) is 0 Å². The molecule has 0 saturated heterocycles. The van der Waals surface area contributed by atoms with Gasteiger partial charge in [-0.3, -0.25) is 0 Å². The topological polar surface area (TPSA) is 49.4 Å². The molecule has 1 rings (SSSR count). The minimum absolute atomic E-state index is 0.333. The van der Waals surface area contributed by atoms with Crippen LogP contribution in [0.2, 0.25) is 0 Å². The molecule has 108 valence electrons. The van der Waals surface area contributed by atoms with Gasteiger partial charge in [0.2, 0.25) is 10.0 Å². The summed E-state index contributed by atoms with van der Waals surface area (Å²) in [5, 5.41) is 3.02. The Morgan fingerprint density at radius 2 is 2.26 bits per heavy atom. The summed E-state index contributed by atoms with van der Waals surface area (Å²) in [5.41, 5.74) is 0. The number of hydrogen-bond donors (Lipinski definition) is 1. The Labute approximate surface area is 127 Å². The second kappa shape index (κ2) is 7.54. The molecule has 0 fully saturated rings. The van der Waals surface area contributed by atoms with E-state index in [1.54, 1.807) is 12.1 Å². The van der Waals surface area contributed by atoms with Crippen molar-refractivity contribution in [3.8, 4) is 0 Å². The van der Waals surface area contributed by atoms with Crippen molar-refractivity contribution in [3.05, 3.63) is 27.4 Å². The third-order valence-corrected chi connectivity index (χ3v) is 6.60. The van der Waals surface area contributed by atoms with Gasteiger partial charge in [0.1, 0.15) is 4.90 Å².